The zero-order chi connectivity index (χ0) is 14.1. The zero-order valence-corrected chi connectivity index (χ0v) is 12.3. The summed E-state index contributed by atoms with van der Waals surface area (Å²) in [5, 5.41) is 3.26. The third-order valence-electron chi connectivity index (χ3n) is 4.09. The van der Waals surface area contributed by atoms with Crippen LogP contribution in [-0.4, -0.2) is 24.7 Å². The van der Waals surface area contributed by atoms with Gasteiger partial charge in [0.1, 0.15) is 5.54 Å². The van der Waals surface area contributed by atoms with E-state index in [0.717, 1.165) is 31.6 Å². The minimum absolute atomic E-state index is 0.123. The largest absolute Gasteiger partial charge is 0.465 e. The molecule has 0 spiro atoms. The average Bonchev–Trinajstić information content (AvgIpc) is 2.61. The molecule has 0 heterocycles. The number of carbonyl (C=O) groups is 1. The fourth-order valence-electron chi connectivity index (χ4n) is 3.05. The van der Waals surface area contributed by atoms with E-state index in [1.54, 1.807) is 0 Å². The summed E-state index contributed by atoms with van der Waals surface area (Å²) in [6.45, 7) is 4.93. The van der Waals surface area contributed by atoms with Crippen LogP contribution in [0.1, 0.15) is 58.8 Å². The Kier molecular flexibility index (Phi) is 6.94. The molecule has 0 amide bonds. The molecule has 1 aliphatic rings. The maximum Gasteiger partial charge on any atom is 0.326 e. The standard InChI is InChI=1S/C16H27NO2/c1-4-8-14-9-7-11-16(12-10-14,17-13-5-2)15(18)19-6-3/h2,14,17H,4,6-13H2,1,3H3. The van der Waals surface area contributed by atoms with Crippen LogP contribution in [0.25, 0.3) is 0 Å². The highest BCUT2D eigenvalue weighted by atomic mass is 16.5. The van der Waals surface area contributed by atoms with Crippen molar-refractivity contribution in [3.8, 4) is 12.3 Å². The van der Waals surface area contributed by atoms with Gasteiger partial charge in [0.05, 0.1) is 13.2 Å². The van der Waals surface area contributed by atoms with Gasteiger partial charge < -0.3 is 4.74 Å². The van der Waals surface area contributed by atoms with E-state index in [0.29, 0.717) is 13.2 Å². The lowest BCUT2D eigenvalue weighted by Crippen LogP contribution is -2.52. The first-order chi connectivity index (χ1) is 9.18. The average molecular weight is 265 g/mol. The molecule has 1 N–H and O–H groups in total. The lowest BCUT2D eigenvalue weighted by Gasteiger charge is -2.31. The molecule has 3 nitrogen and oxygen atoms in total. The fourth-order valence-corrected chi connectivity index (χ4v) is 3.05. The number of rotatable bonds is 6. The molecule has 2 atom stereocenters. The van der Waals surface area contributed by atoms with Gasteiger partial charge in [0, 0.05) is 0 Å². The van der Waals surface area contributed by atoms with Gasteiger partial charge in [-0.15, -0.1) is 6.42 Å². The lowest BCUT2D eigenvalue weighted by molar-refractivity contribution is -0.151. The molecule has 3 heteroatoms. The van der Waals surface area contributed by atoms with Crippen molar-refractivity contribution in [1.82, 2.24) is 5.32 Å². The van der Waals surface area contributed by atoms with Crippen LogP contribution in [0.4, 0.5) is 0 Å². The van der Waals surface area contributed by atoms with Crippen molar-refractivity contribution in [3.63, 3.8) is 0 Å². The van der Waals surface area contributed by atoms with Crippen molar-refractivity contribution in [3.05, 3.63) is 0 Å². The van der Waals surface area contributed by atoms with Gasteiger partial charge in [-0.2, -0.15) is 0 Å². The summed E-state index contributed by atoms with van der Waals surface area (Å²) < 4.78 is 5.26. The van der Waals surface area contributed by atoms with Crippen molar-refractivity contribution < 1.29 is 9.53 Å². The minimum Gasteiger partial charge on any atom is -0.465 e. The third-order valence-corrected chi connectivity index (χ3v) is 4.09. The zero-order valence-electron chi connectivity index (χ0n) is 12.3. The van der Waals surface area contributed by atoms with Gasteiger partial charge in [-0.1, -0.05) is 38.5 Å². The Bertz CT molecular complexity index is 321. The van der Waals surface area contributed by atoms with Crippen LogP contribution in [-0.2, 0) is 9.53 Å². The Balaban J connectivity index is 2.73. The maximum absolute atomic E-state index is 12.3. The third kappa shape index (κ3) is 4.54. The monoisotopic (exact) mass is 265 g/mol. The number of nitrogens with one attached hydrogen (secondary N) is 1. The number of ether oxygens (including phenoxy) is 1. The number of esters is 1. The van der Waals surface area contributed by atoms with Crippen molar-refractivity contribution in [1.29, 1.82) is 0 Å². The summed E-state index contributed by atoms with van der Waals surface area (Å²) in [6.07, 6.45) is 12.9. The predicted molar refractivity (Wildman–Crippen MR) is 77.7 cm³/mol. The Morgan fingerprint density at radius 1 is 1.42 bits per heavy atom. The topological polar surface area (TPSA) is 38.3 Å². The molecular formula is C16H27NO2. The van der Waals surface area contributed by atoms with Gasteiger partial charge in [-0.05, 0) is 32.1 Å². The van der Waals surface area contributed by atoms with E-state index in [4.69, 9.17) is 11.2 Å². The van der Waals surface area contributed by atoms with Crippen LogP contribution in [0.15, 0.2) is 0 Å². The molecule has 19 heavy (non-hydrogen) atoms. The first-order valence-corrected chi connectivity index (χ1v) is 7.54. The van der Waals surface area contributed by atoms with E-state index in [1.165, 1.54) is 19.3 Å². The molecule has 1 saturated carbocycles. The Morgan fingerprint density at radius 3 is 2.84 bits per heavy atom. The molecule has 0 aromatic carbocycles. The molecule has 0 radical (unpaired) electrons. The van der Waals surface area contributed by atoms with E-state index in [2.05, 4.69) is 18.2 Å². The smallest absolute Gasteiger partial charge is 0.326 e. The molecule has 0 saturated heterocycles. The van der Waals surface area contributed by atoms with Gasteiger partial charge in [0.2, 0.25) is 0 Å². The van der Waals surface area contributed by atoms with Gasteiger partial charge in [0.15, 0.2) is 0 Å². The quantitative estimate of drug-likeness (QED) is 0.456. The van der Waals surface area contributed by atoms with E-state index in [1.807, 2.05) is 6.92 Å². The van der Waals surface area contributed by atoms with Gasteiger partial charge in [-0.25, -0.2) is 0 Å². The van der Waals surface area contributed by atoms with Gasteiger partial charge >= 0.3 is 5.97 Å². The molecule has 108 valence electrons. The second-order valence-corrected chi connectivity index (χ2v) is 5.45. The number of carbonyl (C=O) groups excluding carboxylic acids is 1. The summed E-state index contributed by atoms with van der Waals surface area (Å²) in [5.41, 5.74) is -0.551. The van der Waals surface area contributed by atoms with E-state index < -0.39 is 5.54 Å². The molecule has 0 aromatic rings. The number of hydrogen-bond donors (Lipinski definition) is 1. The Hall–Kier alpha value is -1.01. The molecular weight excluding hydrogens is 238 g/mol. The maximum atomic E-state index is 12.3. The summed E-state index contributed by atoms with van der Waals surface area (Å²) in [6, 6.07) is 0. The molecule has 0 aromatic heterocycles. The molecule has 2 unspecified atom stereocenters. The number of terminal acetylenes is 1. The van der Waals surface area contributed by atoms with Crippen LogP contribution in [0, 0.1) is 18.3 Å². The second-order valence-electron chi connectivity index (χ2n) is 5.45. The van der Waals surface area contributed by atoms with E-state index in [-0.39, 0.29) is 5.97 Å². The predicted octanol–water partition coefficient (Wildman–Crippen LogP) is 2.89. The highest BCUT2D eigenvalue weighted by Gasteiger charge is 2.40. The Morgan fingerprint density at radius 2 is 2.21 bits per heavy atom. The first-order valence-electron chi connectivity index (χ1n) is 7.54. The summed E-state index contributed by atoms with van der Waals surface area (Å²) in [4.78, 5) is 12.3. The summed E-state index contributed by atoms with van der Waals surface area (Å²) >= 11 is 0. The number of hydrogen-bond acceptors (Lipinski definition) is 3. The second kappa shape index (κ2) is 8.22. The molecule has 0 bridgehead atoms. The van der Waals surface area contributed by atoms with Crippen molar-refractivity contribution in [2.75, 3.05) is 13.2 Å². The van der Waals surface area contributed by atoms with Crippen molar-refractivity contribution in [2.24, 2.45) is 5.92 Å². The fraction of sp³-hybridized carbons (Fsp3) is 0.812. The van der Waals surface area contributed by atoms with Crippen LogP contribution in [0.5, 0.6) is 0 Å². The minimum atomic E-state index is -0.551. The highest BCUT2D eigenvalue weighted by Crippen LogP contribution is 2.33. The molecule has 1 rings (SSSR count). The van der Waals surface area contributed by atoms with Crippen LogP contribution in [0.2, 0.25) is 0 Å². The van der Waals surface area contributed by atoms with Crippen LogP contribution in [0.3, 0.4) is 0 Å². The summed E-state index contributed by atoms with van der Waals surface area (Å²) in [5.74, 6) is 3.20. The molecule has 1 aliphatic carbocycles. The highest BCUT2D eigenvalue weighted by molar-refractivity contribution is 5.81. The Labute approximate surface area is 117 Å². The van der Waals surface area contributed by atoms with E-state index >= 15 is 0 Å². The normalized spacial score (nSPS) is 27.3. The van der Waals surface area contributed by atoms with Crippen molar-refractivity contribution in [2.45, 2.75) is 64.3 Å². The van der Waals surface area contributed by atoms with Gasteiger partial charge in [-0.3, -0.25) is 10.1 Å². The van der Waals surface area contributed by atoms with Crippen LogP contribution >= 0.6 is 0 Å². The lowest BCUT2D eigenvalue weighted by atomic mass is 9.89. The van der Waals surface area contributed by atoms with Crippen molar-refractivity contribution >= 4 is 5.97 Å². The SMILES string of the molecule is C#CCNC1(C(=O)OCC)CCCC(CCC)CC1. The molecule has 1 fully saturated rings. The first kappa shape index (κ1) is 16.0. The van der Waals surface area contributed by atoms with Gasteiger partial charge in [0.25, 0.3) is 0 Å². The van der Waals surface area contributed by atoms with Crippen LogP contribution < -0.4 is 5.32 Å². The van der Waals surface area contributed by atoms with E-state index in [9.17, 15) is 4.79 Å². The summed E-state index contributed by atoms with van der Waals surface area (Å²) in [7, 11) is 0. The molecule has 0 aliphatic heterocycles.